The fourth-order valence-electron chi connectivity index (χ4n) is 5.61. The van der Waals surface area contributed by atoms with Gasteiger partial charge < -0.3 is 0 Å². The Morgan fingerprint density at radius 1 is 0.800 bits per heavy atom. The summed E-state index contributed by atoms with van der Waals surface area (Å²) in [4.78, 5) is 41.3. The van der Waals surface area contributed by atoms with Gasteiger partial charge in [0.05, 0.1) is 17.4 Å². The van der Waals surface area contributed by atoms with Crippen LogP contribution in [0.4, 0.5) is 5.69 Å². The highest BCUT2D eigenvalue weighted by Crippen LogP contribution is 2.35. The molecule has 0 spiro atoms. The molecule has 3 amide bonds. The number of hydrazone groups is 1. The second-order valence-corrected chi connectivity index (χ2v) is 10.0. The van der Waals surface area contributed by atoms with Crippen LogP contribution in [0.1, 0.15) is 23.6 Å². The van der Waals surface area contributed by atoms with Crippen molar-refractivity contribution in [2.24, 2.45) is 15.4 Å². The molecule has 0 bridgehead atoms. The third kappa shape index (κ3) is 3.94. The van der Waals surface area contributed by atoms with E-state index in [-0.39, 0.29) is 18.5 Å². The minimum Gasteiger partial charge on any atom is -0.271 e. The number of carbonyl (C=O) groups excluding carboxylic acids is 3. The quantitative estimate of drug-likeness (QED) is 0.356. The number of para-hydroxylation sites is 1. The molecular formula is C31H24N6O3. The van der Waals surface area contributed by atoms with Crippen LogP contribution in [0, 0.1) is 0 Å². The molecule has 40 heavy (non-hydrogen) atoms. The van der Waals surface area contributed by atoms with Crippen molar-refractivity contribution in [2.75, 3.05) is 11.4 Å². The average Bonchev–Trinajstić information content (AvgIpc) is 3.69. The van der Waals surface area contributed by atoms with Crippen molar-refractivity contribution in [2.45, 2.75) is 24.5 Å². The van der Waals surface area contributed by atoms with Crippen molar-refractivity contribution in [3.63, 3.8) is 0 Å². The maximum absolute atomic E-state index is 13.8. The molecule has 1 fully saturated rings. The molecule has 3 atom stereocenters. The van der Waals surface area contributed by atoms with E-state index >= 15 is 0 Å². The van der Waals surface area contributed by atoms with E-state index in [2.05, 4.69) is 34.6 Å². The highest BCUT2D eigenvalue weighted by atomic mass is 16.2. The SMILES string of the molecule is O=C1[C@@H]2N=NN(CC(=O)N3N=C(c4ccc5ccccc5c4)C[C@@H]3c3ccccc3)[C@H]2C(=O)N1c1ccccc1. The Bertz CT molecular complexity index is 1700. The Balaban J connectivity index is 1.17. The molecule has 0 radical (unpaired) electrons. The van der Waals surface area contributed by atoms with Crippen LogP contribution in [0.15, 0.2) is 119 Å². The molecule has 196 valence electrons. The minimum atomic E-state index is -0.972. The van der Waals surface area contributed by atoms with E-state index in [0.29, 0.717) is 12.1 Å². The van der Waals surface area contributed by atoms with Crippen molar-refractivity contribution in [3.8, 4) is 0 Å². The second kappa shape index (κ2) is 9.53. The lowest BCUT2D eigenvalue weighted by Crippen LogP contribution is -2.44. The van der Waals surface area contributed by atoms with Gasteiger partial charge in [-0.05, 0) is 40.1 Å². The van der Waals surface area contributed by atoms with Crippen LogP contribution in [0.2, 0.25) is 0 Å². The van der Waals surface area contributed by atoms with Gasteiger partial charge in [-0.1, -0.05) is 90.2 Å². The molecule has 0 unspecified atom stereocenters. The van der Waals surface area contributed by atoms with Crippen LogP contribution in [0.3, 0.4) is 0 Å². The number of benzene rings is 4. The van der Waals surface area contributed by atoms with Crippen molar-refractivity contribution < 1.29 is 14.4 Å². The lowest BCUT2D eigenvalue weighted by molar-refractivity contribution is -0.135. The number of fused-ring (bicyclic) bond motifs is 2. The fourth-order valence-corrected chi connectivity index (χ4v) is 5.61. The Kier molecular flexibility index (Phi) is 5.70. The summed E-state index contributed by atoms with van der Waals surface area (Å²) in [6, 6.07) is 30.5. The van der Waals surface area contributed by atoms with Gasteiger partial charge in [-0.3, -0.25) is 19.4 Å². The molecule has 1 saturated heterocycles. The average molecular weight is 529 g/mol. The van der Waals surface area contributed by atoms with Gasteiger partial charge in [-0.2, -0.15) is 10.2 Å². The smallest absolute Gasteiger partial charge is 0.264 e. The van der Waals surface area contributed by atoms with Gasteiger partial charge in [0.25, 0.3) is 17.7 Å². The molecular weight excluding hydrogens is 504 g/mol. The van der Waals surface area contributed by atoms with Gasteiger partial charge in [0, 0.05) is 6.42 Å². The summed E-state index contributed by atoms with van der Waals surface area (Å²) in [6.07, 6.45) is 0.543. The molecule has 4 aromatic carbocycles. The monoisotopic (exact) mass is 528 g/mol. The number of rotatable bonds is 5. The van der Waals surface area contributed by atoms with Crippen LogP contribution in [0.25, 0.3) is 10.8 Å². The molecule has 9 heteroatoms. The van der Waals surface area contributed by atoms with Gasteiger partial charge in [-0.15, -0.1) is 0 Å². The lowest BCUT2D eigenvalue weighted by atomic mass is 9.97. The van der Waals surface area contributed by atoms with E-state index in [1.807, 2.05) is 54.6 Å². The third-order valence-corrected chi connectivity index (χ3v) is 7.60. The number of nitrogens with zero attached hydrogens (tertiary/aromatic N) is 6. The van der Waals surface area contributed by atoms with Crippen molar-refractivity contribution in [1.29, 1.82) is 0 Å². The van der Waals surface area contributed by atoms with Crippen LogP contribution >= 0.6 is 0 Å². The molecule has 3 aliphatic heterocycles. The third-order valence-electron chi connectivity index (χ3n) is 7.60. The summed E-state index contributed by atoms with van der Waals surface area (Å²) in [7, 11) is 0. The normalized spacial score (nSPS) is 21.9. The fraction of sp³-hybridized carbons (Fsp3) is 0.161. The van der Waals surface area contributed by atoms with Gasteiger partial charge in [-0.25, -0.2) is 9.91 Å². The summed E-state index contributed by atoms with van der Waals surface area (Å²) < 4.78 is 0. The van der Waals surface area contributed by atoms with E-state index in [4.69, 9.17) is 5.10 Å². The van der Waals surface area contributed by atoms with Crippen LogP contribution in [-0.4, -0.2) is 52.1 Å². The standard InChI is InChI=1S/C31H24N6O3/c38-27(19-35-29-28(32-34-35)30(39)36(31(29)40)24-13-5-2-6-14-24)37-26(21-10-3-1-4-11-21)18-25(33-37)23-16-15-20-9-7-8-12-22(20)17-23/h1-17,26,28-29H,18-19H2/t26-,28-,29-/m1/s1. The molecule has 4 aromatic rings. The number of carbonyl (C=O) groups is 3. The molecule has 0 N–H and O–H groups in total. The number of anilines is 1. The van der Waals surface area contributed by atoms with Crippen LogP contribution < -0.4 is 4.90 Å². The lowest BCUT2D eigenvalue weighted by Gasteiger charge is -2.25. The predicted molar refractivity (Wildman–Crippen MR) is 149 cm³/mol. The first-order valence-corrected chi connectivity index (χ1v) is 13.1. The molecule has 9 nitrogen and oxygen atoms in total. The molecule has 0 aliphatic carbocycles. The van der Waals surface area contributed by atoms with Gasteiger partial charge in [0.1, 0.15) is 6.54 Å². The van der Waals surface area contributed by atoms with Crippen LogP contribution in [-0.2, 0) is 14.4 Å². The summed E-state index contributed by atoms with van der Waals surface area (Å²) in [6.45, 7) is -0.232. The molecule has 3 heterocycles. The van der Waals surface area contributed by atoms with E-state index in [9.17, 15) is 14.4 Å². The zero-order chi connectivity index (χ0) is 27.2. The summed E-state index contributed by atoms with van der Waals surface area (Å²) in [5.74, 6) is -1.22. The zero-order valence-electron chi connectivity index (χ0n) is 21.4. The second-order valence-electron chi connectivity index (χ2n) is 10.0. The van der Waals surface area contributed by atoms with E-state index in [0.717, 1.165) is 32.5 Å². The van der Waals surface area contributed by atoms with Crippen molar-refractivity contribution in [1.82, 2.24) is 10.0 Å². The number of amides is 3. The summed E-state index contributed by atoms with van der Waals surface area (Å²) in [5.41, 5.74) is 3.18. The Hall–Kier alpha value is -5.18. The minimum absolute atomic E-state index is 0.232. The number of hydrogen-bond donors (Lipinski definition) is 0. The van der Waals surface area contributed by atoms with Crippen molar-refractivity contribution >= 4 is 39.9 Å². The van der Waals surface area contributed by atoms with E-state index in [1.165, 1.54) is 10.0 Å². The first-order valence-electron chi connectivity index (χ1n) is 13.1. The van der Waals surface area contributed by atoms with Gasteiger partial charge in [0.2, 0.25) is 0 Å². The van der Waals surface area contributed by atoms with Gasteiger partial charge >= 0.3 is 0 Å². The highest BCUT2D eigenvalue weighted by Gasteiger charge is 2.55. The van der Waals surface area contributed by atoms with Crippen LogP contribution in [0.5, 0.6) is 0 Å². The zero-order valence-corrected chi connectivity index (χ0v) is 21.4. The van der Waals surface area contributed by atoms with Crippen molar-refractivity contribution in [3.05, 3.63) is 114 Å². The molecule has 7 rings (SSSR count). The Labute approximate surface area is 230 Å². The maximum atomic E-state index is 13.8. The van der Waals surface area contributed by atoms with Gasteiger partial charge in [0.15, 0.2) is 12.1 Å². The largest absolute Gasteiger partial charge is 0.271 e. The van der Waals surface area contributed by atoms with E-state index in [1.54, 1.807) is 24.3 Å². The molecule has 0 aromatic heterocycles. The Morgan fingerprint density at radius 3 is 2.27 bits per heavy atom. The number of imide groups is 1. The Morgan fingerprint density at radius 2 is 1.50 bits per heavy atom. The summed E-state index contributed by atoms with van der Waals surface area (Å²) in [5, 5.41) is 18.0. The highest BCUT2D eigenvalue weighted by molar-refractivity contribution is 6.25. The first-order chi connectivity index (χ1) is 19.6. The molecule has 0 saturated carbocycles. The predicted octanol–water partition coefficient (Wildman–Crippen LogP) is 4.51. The van der Waals surface area contributed by atoms with E-state index < -0.39 is 23.9 Å². The maximum Gasteiger partial charge on any atom is 0.264 e. The molecule has 3 aliphatic rings. The first kappa shape index (κ1) is 23.9. The topological polar surface area (TPSA) is 98.0 Å². The number of hydrogen-bond acceptors (Lipinski definition) is 7. The summed E-state index contributed by atoms with van der Waals surface area (Å²) >= 11 is 0.